The van der Waals surface area contributed by atoms with E-state index in [-0.39, 0.29) is 10.8 Å². The molecule has 0 saturated heterocycles. The Morgan fingerprint density at radius 1 is 0.373 bits per heavy atom. The van der Waals surface area contributed by atoms with Crippen molar-refractivity contribution < 1.29 is 0 Å². The van der Waals surface area contributed by atoms with E-state index in [9.17, 15) is 0 Å². The average Bonchev–Trinajstić information content (AvgIpc) is 3.54. The first kappa shape index (κ1) is 29.9. The highest BCUT2D eigenvalue weighted by Gasteiger charge is 2.40. The summed E-state index contributed by atoms with van der Waals surface area (Å²) in [6, 6.07) is 61.1. The zero-order valence-corrected chi connectivity index (χ0v) is 29.5. The van der Waals surface area contributed by atoms with Gasteiger partial charge in [0.05, 0.1) is 5.69 Å². The second kappa shape index (κ2) is 10.8. The standard InChI is InChI=1S/C50H39N/c1-49(2)43-19-11-9-17-40(43)41-28-27-38(31-45(41)49)51(37-25-23-33(24-26-37)35-22-21-32-13-5-6-14-34(32)29-35)48-39-16-8-7-15-36(39)30-46-47(48)42-18-10-12-20-44(42)50(46,3)4/h5-31H,1-4H3. The van der Waals surface area contributed by atoms with E-state index in [1.807, 2.05) is 0 Å². The van der Waals surface area contributed by atoms with Crippen LogP contribution in [0.2, 0.25) is 0 Å². The van der Waals surface area contributed by atoms with Crippen LogP contribution in [0.25, 0.3) is 54.9 Å². The van der Waals surface area contributed by atoms with E-state index in [0.717, 1.165) is 5.69 Å². The predicted octanol–water partition coefficient (Wildman–Crippen LogP) is 13.7. The van der Waals surface area contributed by atoms with E-state index in [2.05, 4.69) is 196 Å². The molecular formula is C50H39N. The summed E-state index contributed by atoms with van der Waals surface area (Å²) in [4.78, 5) is 2.54. The fourth-order valence-corrected chi connectivity index (χ4v) is 9.13. The summed E-state index contributed by atoms with van der Waals surface area (Å²) in [6.45, 7) is 9.51. The van der Waals surface area contributed by atoms with Crippen LogP contribution in [0.5, 0.6) is 0 Å². The van der Waals surface area contributed by atoms with Crippen molar-refractivity contribution >= 4 is 38.6 Å². The highest BCUT2D eigenvalue weighted by molar-refractivity contribution is 6.10. The zero-order valence-electron chi connectivity index (χ0n) is 29.5. The number of hydrogen-bond donors (Lipinski definition) is 0. The number of rotatable bonds is 4. The first-order valence-corrected chi connectivity index (χ1v) is 18.1. The van der Waals surface area contributed by atoms with Crippen LogP contribution in [0, 0.1) is 0 Å². The third-order valence-electron chi connectivity index (χ3n) is 11.8. The molecular weight excluding hydrogens is 615 g/mol. The maximum Gasteiger partial charge on any atom is 0.0621 e. The molecule has 0 fully saturated rings. The Hall–Kier alpha value is -5.92. The van der Waals surface area contributed by atoms with Crippen molar-refractivity contribution in [2.24, 2.45) is 0 Å². The van der Waals surface area contributed by atoms with Crippen molar-refractivity contribution in [3.8, 4) is 33.4 Å². The molecule has 0 aromatic heterocycles. The smallest absolute Gasteiger partial charge is 0.0621 e. The Labute approximate surface area is 300 Å². The summed E-state index contributed by atoms with van der Waals surface area (Å²) in [7, 11) is 0. The second-order valence-corrected chi connectivity index (χ2v) is 15.4. The molecule has 0 radical (unpaired) electrons. The van der Waals surface area contributed by atoms with Gasteiger partial charge < -0.3 is 4.90 Å². The molecule has 0 heterocycles. The molecule has 51 heavy (non-hydrogen) atoms. The fourth-order valence-electron chi connectivity index (χ4n) is 9.13. The molecule has 0 atom stereocenters. The van der Waals surface area contributed by atoms with Crippen LogP contribution >= 0.6 is 0 Å². The van der Waals surface area contributed by atoms with Gasteiger partial charge >= 0.3 is 0 Å². The minimum Gasteiger partial charge on any atom is -0.309 e. The van der Waals surface area contributed by atoms with Gasteiger partial charge in [0.15, 0.2) is 0 Å². The molecule has 0 N–H and O–H groups in total. The molecule has 8 aromatic rings. The van der Waals surface area contributed by atoms with Gasteiger partial charge in [0.1, 0.15) is 0 Å². The van der Waals surface area contributed by atoms with Gasteiger partial charge in [-0.15, -0.1) is 0 Å². The average molecular weight is 654 g/mol. The van der Waals surface area contributed by atoms with E-state index >= 15 is 0 Å². The van der Waals surface area contributed by atoms with Crippen molar-refractivity contribution in [1.29, 1.82) is 0 Å². The third kappa shape index (κ3) is 4.34. The molecule has 0 spiro atoms. The van der Waals surface area contributed by atoms with E-state index in [1.54, 1.807) is 0 Å². The molecule has 2 aliphatic rings. The molecule has 0 bridgehead atoms. The van der Waals surface area contributed by atoms with Gasteiger partial charge in [-0.3, -0.25) is 0 Å². The summed E-state index contributed by atoms with van der Waals surface area (Å²) in [5, 5.41) is 5.04. The lowest BCUT2D eigenvalue weighted by molar-refractivity contribution is 0.660. The van der Waals surface area contributed by atoms with Crippen LogP contribution in [0.15, 0.2) is 164 Å². The lowest BCUT2D eigenvalue weighted by Gasteiger charge is -2.32. The first-order chi connectivity index (χ1) is 24.8. The lowest BCUT2D eigenvalue weighted by atomic mass is 9.81. The summed E-state index contributed by atoms with van der Waals surface area (Å²) in [5.74, 6) is 0. The van der Waals surface area contributed by atoms with Crippen molar-refractivity contribution in [3.63, 3.8) is 0 Å². The molecule has 2 aliphatic carbocycles. The first-order valence-electron chi connectivity index (χ1n) is 18.1. The molecule has 0 saturated carbocycles. The van der Waals surface area contributed by atoms with Crippen molar-refractivity contribution in [2.45, 2.75) is 38.5 Å². The molecule has 0 amide bonds. The van der Waals surface area contributed by atoms with Crippen molar-refractivity contribution in [3.05, 3.63) is 186 Å². The van der Waals surface area contributed by atoms with Crippen LogP contribution in [-0.2, 0) is 10.8 Å². The summed E-state index contributed by atoms with van der Waals surface area (Å²) in [6.07, 6.45) is 0. The largest absolute Gasteiger partial charge is 0.309 e. The minimum absolute atomic E-state index is 0.108. The van der Waals surface area contributed by atoms with Gasteiger partial charge in [-0.25, -0.2) is 0 Å². The SMILES string of the molecule is CC1(C)c2ccccc2-c2ccc(N(c3ccc(-c4ccc5ccccc5c4)cc3)c3c4c(cc5ccccc35)C(C)(C)c3ccccc3-4)cc21. The Balaban J connectivity index is 1.24. The summed E-state index contributed by atoms with van der Waals surface area (Å²) >= 11 is 0. The maximum atomic E-state index is 2.54. The lowest BCUT2D eigenvalue weighted by Crippen LogP contribution is -2.18. The van der Waals surface area contributed by atoms with Crippen LogP contribution in [0.4, 0.5) is 17.1 Å². The summed E-state index contributed by atoms with van der Waals surface area (Å²) < 4.78 is 0. The monoisotopic (exact) mass is 653 g/mol. The van der Waals surface area contributed by atoms with Gasteiger partial charge in [0.2, 0.25) is 0 Å². The van der Waals surface area contributed by atoms with Gasteiger partial charge in [-0.1, -0.05) is 155 Å². The van der Waals surface area contributed by atoms with Crippen LogP contribution < -0.4 is 4.90 Å². The Morgan fingerprint density at radius 3 is 1.73 bits per heavy atom. The Kier molecular flexibility index (Phi) is 6.34. The van der Waals surface area contributed by atoms with Crippen LogP contribution in [0.1, 0.15) is 49.9 Å². The number of anilines is 3. The van der Waals surface area contributed by atoms with Crippen LogP contribution in [0.3, 0.4) is 0 Å². The Morgan fingerprint density at radius 2 is 0.941 bits per heavy atom. The van der Waals surface area contributed by atoms with E-state index in [4.69, 9.17) is 0 Å². The van der Waals surface area contributed by atoms with E-state index in [0.29, 0.717) is 0 Å². The molecule has 0 aliphatic heterocycles. The number of benzene rings is 8. The van der Waals surface area contributed by atoms with Gasteiger partial charge in [-0.2, -0.15) is 0 Å². The topological polar surface area (TPSA) is 3.24 Å². The molecule has 1 nitrogen and oxygen atoms in total. The van der Waals surface area contributed by atoms with E-state index < -0.39 is 0 Å². The fraction of sp³-hybridized carbons (Fsp3) is 0.120. The molecule has 244 valence electrons. The second-order valence-electron chi connectivity index (χ2n) is 15.4. The molecule has 1 heteroatoms. The van der Waals surface area contributed by atoms with Gasteiger partial charge in [-0.05, 0) is 103 Å². The van der Waals surface area contributed by atoms with E-state index in [1.165, 1.54) is 88.6 Å². The third-order valence-corrected chi connectivity index (χ3v) is 11.8. The number of hydrogen-bond acceptors (Lipinski definition) is 1. The highest BCUT2D eigenvalue weighted by Crippen LogP contribution is 2.57. The maximum absolute atomic E-state index is 2.54. The zero-order chi connectivity index (χ0) is 34.5. The summed E-state index contributed by atoms with van der Waals surface area (Å²) in [5.41, 5.74) is 16.6. The number of nitrogens with zero attached hydrogens (tertiary/aromatic N) is 1. The van der Waals surface area contributed by atoms with Crippen LogP contribution in [-0.4, -0.2) is 0 Å². The quantitative estimate of drug-likeness (QED) is 0.183. The van der Waals surface area contributed by atoms with Gasteiger partial charge in [0, 0.05) is 33.2 Å². The minimum atomic E-state index is -0.127. The molecule has 8 aromatic carbocycles. The Bertz CT molecular complexity index is 2690. The van der Waals surface area contributed by atoms with Gasteiger partial charge in [0.25, 0.3) is 0 Å². The predicted molar refractivity (Wildman–Crippen MR) is 217 cm³/mol. The molecule has 10 rings (SSSR count). The normalized spacial score (nSPS) is 14.6. The van der Waals surface area contributed by atoms with Crippen molar-refractivity contribution in [2.75, 3.05) is 4.90 Å². The number of fused-ring (bicyclic) bond motifs is 8. The molecule has 0 unspecified atom stereocenters. The van der Waals surface area contributed by atoms with Crippen molar-refractivity contribution in [1.82, 2.24) is 0 Å². The highest BCUT2D eigenvalue weighted by atomic mass is 15.1.